The molecule has 21 heavy (non-hydrogen) atoms. The fraction of sp³-hybridized carbons (Fsp3) is 0.857. The van der Waals surface area contributed by atoms with E-state index in [0.717, 1.165) is 37.4 Å². The van der Waals surface area contributed by atoms with E-state index < -0.39 is 18.0 Å². The zero-order valence-electron chi connectivity index (χ0n) is 12.2. The molecular weight excluding hydrogens is 299 g/mol. The van der Waals surface area contributed by atoms with Crippen molar-refractivity contribution in [2.75, 3.05) is 13.1 Å². The van der Waals surface area contributed by atoms with Crippen LogP contribution in [0.25, 0.3) is 0 Å². The molecule has 120 valence electrons. The lowest BCUT2D eigenvalue weighted by atomic mass is 9.79. The van der Waals surface area contributed by atoms with Gasteiger partial charge in [0, 0.05) is 18.9 Å². The average molecular weight is 321 g/mol. The van der Waals surface area contributed by atoms with Crippen LogP contribution in [0.1, 0.15) is 55.0 Å². The van der Waals surface area contributed by atoms with Crippen LogP contribution in [0.2, 0.25) is 0 Å². The first-order valence-corrected chi connectivity index (χ1v) is 8.43. The van der Waals surface area contributed by atoms with E-state index in [1.165, 1.54) is 11.3 Å². The van der Waals surface area contributed by atoms with Gasteiger partial charge in [-0.1, -0.05) is 19.8 Å². The second kappa shape index (κ2) is 7.54. The minimum Gasteiger partial charge on any atom is -0.316 e. The Morgan fingerprint density at radius 1 is 1.19 bits per heavy atom. The third-order valence-electron chi connectivity index (χ3n) is 3.93. The summed E-state index contributed by atoms with van der Waals surface area (Å²) in [4.78, 5) is 0. The number of hydrogen-bond donors (Lipinski definition) is 1. The molecular formula is C14H22F3N3S. The van der Waals surface area contributed by atoms with Crippen LogP contribution in [0.4, 0.5) is 13.2 Å². The summed E-state index contributed by atoms with van der Waals surface area (Å²) in [6.45, 7) is 3.84. The van der Waals surface area contributed by atoms with Gasteiger partial charge in [-0.15, -0.1) is 21.5 Å². The molecule has 0 aromatic carbocycles. The topological polar surface area (TPSA) is 37.8 Å². The Bertz CT molecular complexity index is 433. The van der Waals surface area contributed by atoms with Gasteiger partial charge >= 0.3 is 6.18 Å². The summed E-state index contributed by atoms with van der Waals surface area (Å²) >= 11 is 1.36. The largest absolute Gasteiger partial charge is 0.392 e. The van der Waals surface area contributed by atoms with Gasteiger partial charge in [0.1, 0.15) is 10.0 Å². The van der Waals surface area contributed by atoms with E-state index in [4.69, 9.17) is 0 Å². The summed E-state index contributed by atoms with van der Waals surface area (Å²) in [5.41, 5.74) is 0. The van der Waals surface area contributed by atoms with E-state index in [9.17, 15) is 13.2 Å². The Hall–Kier alpha value is -0.690. The van der Waals surface area contributed by atoms with Crippen molar-refractivity contribution in [1.29, 1.82) is 0 Å². The molecule has 1 aromatic rings. The molecule has 0 spiro atoms. The van der Waals surface area contributed by atoms with E-state index in [-0.39, 0.29) is 6.42 Å². The van der Waals surface area contributed by atoms with Crippen LogP contribution in [-0.2, 0) is 6.42 Å². The molecule has 2 atom stereocenters. The van der Waals surface area contributed by atoms with Gasteiger partial charge in [-0.25, -0.2) is 0 Å². The molecule has 1 aromatic heterocycles. The van der Waals surface area contributed by atoms with E-state index in [0.29, 0.717) is 17.8 Å². The molecule has 0 bridgehead atoms. The maximum absolute atomic E-state index is 13.1. The molecule has 1 N–H and O–H groups in total. The zero-order valence-corrected chi connectivity index (χ0v) is 13.1. The summed E-state index contributed by atoms with van der Waals surface area (Å²) < 4.78 is 39.4. The van der Waals surface area contributed by atoms with Gasteiger partial charge in [0.25, 0.3) is 0 Å². The van der Waals surface area contributed by atoms with Crippen LogP contribution in [0, 0.1) is 5.92 Å². The van der Waals surface area contributed by atoms with Crippen LogP contribution in [-0.4, -0.2) is 29.5 Å². The lowest BCUT2D eigenvalue weighted by Crippen LogP contribution is -2.31. The molecule has 2 rings (SSSR count). The molecule has 3 nitrogen and oxygen atoms in total. The summed E-state index contributed by atoms with van der Waals surface area (Å²) in [6.07, 6.45) is -0.0110. The quantitative estimate of drug-likeness (QED) is 0.807. The number of aromatic nitrogens is 2. The first-order chi connectivity index (χ1) is 10.0. The smallest absolute Gasteiger partial charge is 0.316 e. The highest BCUT2D eigenvalue weighted by Gasteiger charge is 2.47. The standard InChI is InChI=1S/C14H22F3N3S/c1-2-8-18-9-7-12-19-20-13(21-12)10-5-3-4-6-11(10)14(15,16)17/h10-11,18H,2-9H2,1H3. The minimum atomic E-state index is -4.13. The van der Waals surface area contributed by atoms with Crippen molar-refractivity contribution < 1.29 is 13.2 Å². The second-order valence-corrected chi connectivity index (χ2v) is 6.67. The molecule has 1 aliphatic rings. The van der Waals surface area contributed by atoms with Gasteiger partial charge in [-0.3, -0.25) is 0 Å². The molecule has 1 saturated carbocycles. The molecule has 1 heterocycles. The van der Waals surface area contributed by atoms with Gasteiger partial charge in [0.05, 0.1) is 5.92 Å². The third kappa shape index (κ3) is 4.64. The van der Waals surface area contributed by atoms with Gasteiger partial charge in [0.15, 0.2) is 0 Å². The first-order valence-electron chi connectivity index (χ1n) is 7.62. The molecule has 1 aliphatic carbocycles. The molecule has 0 radical (unpaired) electrons. The minimum absolute atomic E-state index is 0.223. The highest BCUT2D eigenvalue weighted by molar-refractivity contribution is 7.11. The van der Waals surface area contributed by atoms with Gasteiger partial charge in [-0.2, -0.15) is 13.2 Å². The lowest BCUT2D eigenvalue weighted by Gasteiger charge is -2.31. The molecule has 2 unspecified atom stereocenters. The molecule has 0 saturated heterocycles. The second-order valence-electron chi connectivity index (χ2n) is 5.57. The van der Waals surface area contributed by atoms with Crippen molar-refractivity contribution in [3.05, 3.63) is 10.0 Å². The molecule has 7 heteroatoms. The normalized spacial score (nSPS) is 23.4. The first kappa shape index (κ1) is 16.7. The lowest BCUT2D eigenvalue weighted by molar-refractivity contribution is -0.187. The van der Waals surface area contributed by atoms with E-state index in [1.54, 1.807) is 0 Å². The Kier molecular flexibility index (Phi) is 5.98. The number of alkyl halides is 3. The van der Waals surface area contributed by atoms with Crippen LogP contribution in [0.15, 0.2) is 0 Å². The number of rotatable bonds is 6. The van der Waals surface area contributed by atoms with Crippen molar-refractivity contribution in [3.8, 4) is 0 Å². The van der Waals surface area contributed by atoms with Crippen LogP contribution in [0.5, 0.6) is 0 Å². The number of halogens is 3. The Balaban J connectivity index is 1.98. The van der Waals surface area contributed by atoms with Crippen molar-refractivity contribution in [1.82, 2.24) is 15.5 Å². The summed E-state index contributed by atoms with van der Waals surface area (Å²) in [6, 6.07) is 0. The number of nitrogens with zero attached hydrogens (tertiary/aromatic N) is 2. The monoisotopic (exact) mass is 321 g/mol. The fourth-order valence-electron chi connectivity index (χ4n) is 2.83. The third-order valence-corrected chi connectivity index (χ3v) is 5.04. The molecule has 1 fully saturated rings. The van der Waals surface area contributed by atoms with Crippen LogP contribution < -0.4 is 5.32 Å². The zero-order chi connectivity index (χ0) is 15.3. The summed E-state index contributed by atoms with van der Waals surface area (Å²) in [7, 11) is 0. The SMILES string of the molecule is CCCNCCc1nnc(C2CCCCC2C(F)(F)F)s1. The van der Waals surface area contributed by atoms with Gasteiger partial charge < -0.3 is 5.32 Å². The Labute approximate surface area is 127 Å². The van der Waals surface area contributed by atoms with Crippen molar-refractivity contribution >= 4 is 11.3 Å². The van der Waals surface area contributed by atoms with Gasteiger partial charge in [-0.05, 0) is 25.8 Å². The number of hydrogen-bond acceptors (Lipinski definition) is 4. The average Bonchev–Trinajstić information content (AvgIpc) is 2.91. The van der Waals surface area contributed by atoms with E-state index >= 15 is 0 Å². The van der Waals surface area contributed by atoms with Crippen LogP contribution in [0.3, 0.4) is 0 Å². The van der Waals surface area contributed by atoms with E-state index in [2.05, 4.69) is 22.4 Å². The maximum Gasteiger partial charge on any atom is 0.392 e. The predicted molar refractivity (Wildman–Crippen MR) is 77.5 cm³/mol. The highest BCUT2D eigenvalue weighted by atomic mass is 32.1. The molecule has 0 amide bonds. The van der Waals surface area contributed by atoms with E-state index in [1.807, 2.05) is 0 Å². The predicted octanol–water partition coefficient (Wildman–Crippen LogP) is 3.92. The Morgan fingerprint density at radius 2 is 1.95 bits per heavy atom. The number of nitrogens with one attached hydrogen (secondary N) is 1. The van der Waals surface area contributed by atoms with Crippen molar-refractivity contribution in [2.45, 2.75) is 57.5 Å². The van der Waals surface area contributed by atoms with Gasteiger partial charge in [0.2, 0.25) is 0 Å². The summed E-state index contributed by atoms with van der Waals surface area (Å²) in [5, 5.41) is 12.8. The van der Waals surface area contributed by atoms with Crippen LogP contribution >= 0.6 is 11.3 Å². The highest BCUT2D eigenvalue weighted by Crippen LogP contribution is 2.46. The van der Waals surface area contributed by atoms with Crippen molar-refractivity contribution in [2.24, 2.45) is 5.92 Å². The van der Waals surface area contributed by atoms with Crippen molar-refractivity contribution in [3.63, 3.8) is 0 Å². The fourth-order valence-corrected chi connectivity index (χ4v) is 3.88. The Morgan fingerprint density at radius 3 is 2.67 bits per heavy atom. The maximum atomic E-state index is 13.1. The molecule has 0 aliphatic heterocycles. The summed E-state index contributed by atoms with van der Waals surface area (Å²) in [5.74, 6) is -1.74.